The highest BCUT2D eigenvalue weighted by atomic mass is 15.2. The van der Waals surface area contributed by atoms with Crippen molar-refractivity contribution >= 4 is 5.96 Å². The summed E-state index contributed by atoms with van der Waals surface area (Å²) in [5.41, 5.74) is 5.89. The van der Waals surface area contributed by atoms with Gasteiger partial charge in [0.25, 0.3) is 0 Å². The molecule has 17 heavy (non-hydrogen) atoms. The number of likely N-dealkylation sites (tertiary alicyclic amines) is 1. The number of nitrogens with two attached hydrogens (primary N) is 1. The maximum atomic E-state index is 5.89. The molecule has 3 N–H and O–H groups in total. The zero-order chi connectivity index (χ0) is 11.9. The van der Waals surface area contributed by atoms with Crippen LogP contribution in [0.15, 0.2) is 4.99 Å². The minimum Gasteiger partial charge on any atom is -0.370 e. The highest BCUT2D eigenvalue weighted by Crippen LogP contribution is 2.17. The third kappa shape index (κ3) is 4.54. The Morgan fingerprint density at radius 1 is 1.12 bits per heavy atom. The summed E-state index contributed by atoms with van der Waals surface area (Å²) in [4.78, 5) is 6.92. The lowest BCUT2D eigenvalue weighted by Crippen LogP contribution is -2.39. The van der Waals surface area contributed by atoms with Gasteiger partial charge in [0.05, 0.1) is 6.54 Å². The number of hydrogen-bond donors (Lipinski definition) is 2. The SMILES string of the molecule is NC(=NCCN1CCCCC1)NC1CCCC1. The van der Waals surface area contributed by atoms with E-state index in [1.807, 2.05) is 0 Å². The Hall–Kier alpha value is -0.770. The molecular formula is C13H26N4. The molecule has 4 nitrogen and oxygen atoms in total. The highest BCUT2D eigenvalue weighted by molar-refractivity contribution is 5.78. The van der Waals surface area contributed by atoms with Gasteiger partial charge < -0.3 is 16.0 Å². The van der Waals surface area contributed by atoms with Crippen molar-refractivity contribution in [2.45, 2.75) is 51.0 Å². The second kappa shape index (κ2) is 6.84. The lowest BCUT2D eigenvalue weighted by molar-refractivity contribution is 0.235. The number of aliphatic imine (C=N–C) groups is 1. The van der Waals surface area contributed by atoms with Crippen molar-refractivity contribution in [2.24, 2.45) is 10.7 Å². The molecule has 98 valence electrons. The van der Waals surface area contributed by atoms with E-state index in [4.69, 9.17) is 5.73 Å². The Balaban J connectivity index is 1.61. The van der Waals surface area contributed by atoms with Gasteiger partial charge in [0.15, 0.2) is 5.96 Å². The van der Waals surface area contributed by atoms with Crippen molar-refractivity contribution < 1.29 is 0 Å². The molecule has 2 rings (SSSR count). The zero-order valence-electron chi connectivity index (χ0n) is 10.8. The fourth-order valence-electron chi connectivity index (χ4n) is 2.82. The normalized spacial score (nSPS) is 24.1. The van der Waals surface area contributed by atoms with Crippen LogP contribution >= 0.6 is 0 Å². The van der Waals surface area contributed by atoms with Crippen LogP contribution in [0.25, 0.3) is 0 Å². The second-order valence-electron chi connectivity index (χ2n) is 5.29. The van der Waals surface area contributed by atoms with Crippen LogP contribution in [0.2, 0.25) is 0 Å². The number of rotatable bonds is 4. The Kier molecular flexibility index (Phi) is 5.10. The lowest BCUT2D eigenvalue weighted by Gasteiger charge is -2.25. The van der Waals surface area contributed by atoms with Crippen molar-refractivity contribution in [2.75, 3.05) is 26.2 Å². The molecule has 0 unspecified atom stereocenters. The average Bonchev–Trinajstić information content (AvgIpc) is 2.83. The summed E-state index contributed by atoms with van der Waals surface area (Å²) in [5.74, 6) is 0.647. The van der Waals surface area contributed by atoms with Crippen LogP contribution in [0, 0.1) is 0 Å². The van der Waals surface area contributed by atoms with Crippen molar-refractivity contribution in [3.63, 3.8) is 0 Å². The van der Waals surface area contributed by atoms with Crippen LogP contribution in [-0.2, 0) is 0 Å². The number of nitrogens with one attached hydrogen (secondary N) is 1. The number of hydrogen-bond acceptors (Lipinski definition) is 2. The first-order chi connectivity index (χ1) is 8.34. The van der Waals surface area contributed by atoms with E-state index < -0.39 is 0 Å². The van der Waals surface area contributed by atoms with Crippen LogP contribution in [0.4, 0.5) is 0 Å². The van der Waals surface area contributed by atoms with Gasteiger partial charge in [-0.1, -0.05) is 19.3 Å². The van der Waals surface area contributed by atoms with Crippen LogP contribution in [0.1, 0.15) is 44.9 Å². The molecule has 1 saturated heterocycles. The number of piperidine rings is 1. The molecule has 1 aliphatic carbocycles. The quantitative estimate of drug-likeness (QED) is 0.574. The van der Waals surface area contributed by atoms with Gasteiger partial charge in [-0.05, 0) is 38.8 Å². The largest absolute Gasteiger partial charge is 0.370 e. The Morgan fingerprint density at radius 2 is 1.82 bits per heavy atom. The fraction of sp³-hybridized carbons (Fsp3) is 0.923. The molecule has 1 aliphatic heterocycles. The molecule has 0 aromatic heterocycles. The maximum Gasteiger partial charge on any atom is 0.188 e. The minimum absolute atomic E-state index is 0.578. The molecule has 0 bridgehead atoms. The molecule has 0 aromatic carbocycles. The summed E-state index contributed by atoms with van der Waals surface area (Å²) in [6, 6.07) is 0.578. The van der Waals surface area contributed by atoms with Gasteiger partial charge in [0.2, 0.25) is 0 Å². The lowest BCUT2D eigenvalue weighted by atomic mass is 10.1. The van der Waals surface area contributed by atoms with E-state index in [1.54, 1.807) is 0 Å². The summed E-state index contributed by atoms with van der Waals surface area (Å²) < 4.78 is 0. The molecule has 0 radical (unpaired) electrons. The van der Waals surface area contributed by atoms with Gasteiger partial charge in [0.1, 0.15) is 0 Å². The average molecular weight is 238 g/mol. The van der Waals surface area contributed by atoms with Gasteiger partial charge in [-0.15, -0.1) is 0 Å². The van der Waals surface area contributed by atoms with Crippen molar-refractivity contribution in [1.29, 1.82) is 0 Å². The fourth-order valence-corrected chi connectivity index (χ4v) is 2.82. The molecule has 1 heterocycles. The van der Waals surface area contributed by atoms with Crippen LogP contribution in [0.3, 0.4) is 0 Å². The van der Waals surface area contributed by atoms with Crippen molar-refractivity contribution in [1.82, 2.24) is 10.2 Å². The summed E-state index contributed by atoms with van der Waals surface area (Å²) >= 11 is 0. The Bertz CT molecular complexity index is 240. The third-order valence-electron chi connectivity index (χ3n) is 3.85. The maximum absolute atomic E-state index is 5.89. The van der Waals surface area contributed by atoms with Gasteiger partial charge in [-0.25, -0.2) is 0 Å². The van der Waals surface area contributed by atoms with E-state index in [0.717, 1.165) is 13.1 Å². The van der Waals surface area contributed by atoms with E-state index in [2.05, 4.69) is 15.2 Å². The third-order valence-corrected chi connectivity index (χ3v) is 3.85. The van der Waals surface area contributed by atoms with E-state index in [1.165, 1.54) is 58.0 Å². The van der Waals surface area contributed by atoms with E-state index in [-0.39, 0.29) is 0 Å². The first kappa shape index (κ1) is 12.7. The molecule has 0 aromatic rings. The topological polar surface area (TPSA) is 53.6 Å². The van der Waals surface area contributed by atoms with Gasteiger partial charge in [0, 0.05) is 12.6 Å². The predicted octanol–water partition coefficient (Wildman–Crippen LogP) is 1.32. The molecular weight excluding hydrogens is 212 g/mol. The Labute approximate surface area is 105 Å². The molecule has 0 atom stereocenters. The van der Waals surface area contributed by atoms with Gasteiger partial charge >= 0.3 is 0 Å². The number of nitrogens with zero attached hydrogens (tertiary/aromatic N) is 2. The predicted molar refractivity (Wildman–Crippen MR) is 72.2 cm³/mol. The highest BCUT2D eigenvalue weighted by Gasteiger charge is 2.14. The molecule has 1 saturated carbocycles. The van der Waals surface area contributed by atoms with Crippen LogP contribution in [-0.4, -0.2) is 43.1 Å². The summed E-state index contributed by atoms with van der Waals surface area (Å²) in [6.45, 7) is 4.38. The first-order valence-corrected chi connectivity index (χ1v) is 7.13. The number of guanidine groups is 1. The summed E-state index contributed by atoms with van der Waals surface area (Å²) in [6.07, 6.45) is 9.26. The molecule has 4 heteroatoms. The van der Waals surface area contributed by atoms with Crippen LogP contribution in [0.5, 0.6) is 0 Å². The zero-order valence-corrected chi connectivity index (χ0v) is 10.8. The molecule has 2 fully saturated rings. The van der Waals surface area contributed by atoms with Gasteiger partial charge in [-0.3, -0.25) is 4.99 Å². The van der Waals surface area contributed by atoms with Crippen molar-refractivity contribution in [3.8, 4) is 0 Å². The monoisotopic (exact) mass is 238 g/mol. The first-order valence-electron chi connectivity index (χ1n) is 7.13. The standard InChI is InChI=1S/C13H26N4/c14-13(16-12-6-2-3-7-12)15-8-11-17-9-4-1-5-10-17/h12H,1-11H2,(H3,14,15,16). The van der Waals surface area contributed by atoms with E-state index in [0.29, 0.717) is 12.0 Å². The molecule has 0 spiro atoms. The van der Waals surface area contributed by atoms with E-state index >= 15 is 0 Å². The van der Waals surface area contributed by atoms with Gasteiger partial charge in [-0.2, -0.15) is 0 Å². The van der Waals surface area contributed by atoms with Crippen molar-refractivity contribution in [3.05, 3.63) is 0 Å². The second-order valence-corrected chi connectivity index (χ2v) is 5.29. The minimum atomic E-state index is 0.578. The summed E-state index contributed by atoms with van der Waals surface area (Å²) in [7, 11) is 0. The van der Waals surface area contributed by atoms with E-state index in [9.17, 15) is 0 Å². The molecule has 0 amide bonds. The smallest absolute Gasteiger partial charge is 0.188 e. The summed E-state index contributed by atoms with van der Waals surface area (Å²) in [5, 5.41) is 3.33. The Morgan fingerprint density at radius 3 is 2.53 bits per heavy atom. The van der Waals surface area contributed by atoms with Crippen LogP contribution < -0.4 is 11.1 Å². The molecule has 2 aliphatic rings.